The van der Waals surface area contributed by atoms with Gasteiger partial charge in [-0.25, -0.2) is 9.97 Å². The molecule has 0 spiro atoms. The first-order valence-electron chi connectivity index (χ1n) is 8.12. The van der Waals surface area contributed by atoms with Crippen LogP contribution in [0.15, 0.2) is 66.3 Å². The van der Waals surface area contributed by atoms with E-state index >= 15 is 0 Å². The predicted octanol–water partition coefficient (Wildman–Crippen LogP) is 4.64. The zero-order chi connectivity index (χ0) is 19.5. The summed E-state index contributed by atoms with van der Waals surface area (Å²) in [6, 6.07) is 14.2. The number of hydrogen-bond donors (Lipinski definition) is 1. The summed E-state index contributed by atoms with van der Waals surface area (Å²) < 4.78 is 5.80. The number of amides is 1. The quantitative estimate of drug-likeness (QED) is 0.391. The fourth-order valence-electron chi connectivity index (χ4n) is 2.53. The number of nitrogens with one attached hydrogen (secondary N) is 1. The van der Waals surface area contributed by atoms with Crippen molar-refractivity contribution in [2.45, 2.75) is 0 Å². The van der Waals surface area contributed by atoms with Gasteiger partial charge in [0.25, 0.3) is 11.6 Å². The van der Waals surface area contributed by atoms with Crippen molar-refractivity contribution in [2.24, 2.45) is 0 Å². The molecule has 2 aromatic heterocycles. The molecular formula is C19H12N4O4S. The van der Waals surface area contributed by atoms with Crippen LogP contribution in [-0.4, -0.2) is 20.8 Å². The number of benzene rings is 2. The smallest absolute Gasteiger partial charge is 0.270 e. The van der Waals surface area contributed by atoms with Crippen LogP contribution in [0, 0.1) is 10.1 Å². The Kier molecular flexibility index (Phi) is 4.65. The molecule has 8 nitrogen and oxygen atoms in total. The van der Waals surface area contributed by atoms with Crippen molar-refractivity contribution in [2.75, 3.05) is 5.32 Å². The number of carbonyl (C=O) groups is 1. The van der Waals surface area contributed by atoms with Gasteiger partial charge in [0.2, 0.25) is 5.88 Å². The van der Waals surface area contributed by atoms with Gasteiger partial charge < -0.3 is 10.1 Å². The van der Waals surface area contributed by atoms with Crippen LogP contribution in [-0.2, 0) is 0 Å². The second-order valence-electron chi connectivity index (χ2n) is 5.71. The second kappa shape index (κ2) is 7.41. The van der Waals surface area contributed by atoms with E-state index in [9.17, 15) is 14.9 Å². The van der Waals surface area contributed by atoms with Crippen LogP contribution in [0.3, 0.4) is 0 Å². The minimum Gasteiger partial charge on any atom is -0.438 e. The number of carbonyl (C=O) groups excluding carboxylic acids is 1. The Hall–Kier alpha value is -3.85. The number of nitrogens with zero attached hydrogens (tertiary/aromatic N) is 3. The molecule has 4 rings (SSSR count). The topological polar surface area (TPSA) is 107 Å². The summed E-state index contributed by atoms with van der Waals surface area (Å²) >= 11 is 1.50. The highest BCUT2D eigenvalue weighted by Gasteiger charge is 2.12. The molecule has 2 aromatic carbocycles. The lowest BCUT2D eigenvalue weighted by atomic mass is 10.2. The molecule has 4 aromatic rings. The van der Waals surface area contributed by atoms with Crippen molar-refractivity contribution >= 4 is 38.8 Å². The lowest BCUT2D eigenvalue weighted by Crippen LogP contribution is -2.11. The third kappa shape index (κ3) is 3.64. The Morgan fingerprint density at radius 2 is 1.93 bits per heavy atom. The molecular weight excluding hydrogens is 380 g/mol. The van der Waals surface area contributed by atoms with Gasteiger partial charge >= 0.3 is 0 Å². The van der Waals surface area contributed by atoms with Crippen LogP contribution in [0.4, 0.5) is 11.4 Å². The Labute approximate surface area is 162 Å². The van der Waals surface area contributed by atoms with E-state index in [-0.39, 0.29) is 11.3 Å². The highest BCUT2D eigenvalue weighted by atomic mass is 32.1. The fraction of sp³-hybridized carbons (Fsp3) is 0. The van der Waals surface area contributed by atoms with Crippen LogP contribution in [0.25, 0.3) is 10.2 Å². The number of hydrogen-bond acceptors (Lipinski definition) is 7. The zero-order valence-electron chi connectivity index (χ0n) is 14.2. The summed E-state index contributed by atoms with van der Waals surface area (Å²) in [5.74, 6) is 0.576. The number of ether oxygens (including phenoxy) is 1. The van der Waals surface area contributed by atoms with Gasteiger partial charge in [0.1, 0.15) is 16.9 Å². The summed E-state index contributed by atoms with van der Waals surface area (Å²) in [5, 5.41) is 16.3. The van der Waals surface area contributed by atoms with Crippen molar-refractivity contribution in [3.05, 3.63) is 82.0 Å². The first-order valence-corrected chi connectivity index (χ1v) is 9.00. The SMILES string of the molecule is O=C(Nc1ccc(Oc2ncnc3sccc23)cc1)c1cccc([N+](=O)[O-])c1. The number of rotatable bonds is 5. The molecule has 0 radical (unpaired) electrons. The van der Waals surface area contributed by atoms with Crippen LogP contribution in [0.5, 0.6) is 11.6 Å². The van der Waals surface area contributed by atoms with Gasteiger partial charge in [-0.15, -0.1) is 11.3 Å². The van der Waals surface area contributed by atoms with E-state index in [1.54, 1.807) is 24.3 Å². The molecule has 0 aliphatic carbocycles. The van der Waals surface area contributed by atoms with Crippen LogP contribution < -0.4 is 10.1 Å². The van der Waals surface area contributed by atoms with Crippen LogP contribution >= 0.6 is 11.3 Å². The van der Waals surface area contributed by atoms with E-state index in [0.29, 0.717) is 17.3 Å². The van der Waals surface area contributed by atoms with Crippen LogP contribution in [0.1, 0.15) is 10.4 Å². The maximum Gasteiger partial charge on any atom is 0.270 e. The molecule has 2 heterocycles. The summed E-state index contributed by atoms with van der Waals surface area (Å²) in [4.78, 5) is 31.8. The molecule has 0 fully saturated rings. The molecule has 9 heteroatoms. The monoisotopic (exact) mass is 392 g/mol. The van der Waals surface area contributed by atoms with Gasteiger partial charge in [-0.3, -0.25) is 14.9 Å². The molecule has 0 aliphatic heterocycles. The Balaban J connectivity index is 1.47. The Morgan fingerprint density at radius 1 is 1.11 bits per heavy atom. The molecule has 28 heavy (non-hydrogen) atoms. The van der Waals surface area contributed by atoms with Crippen molar-refractivity contribution in [1.82, 2.24) is 9.97 Å². The van der Waals surface area contributed by atoms with E-state index in [1.807, 2.05) is 11.4 Å². The Morgan fingerprint density at radius 3 is 2.71 bits per heavy atom. The number of thiophene rings is 1. The summed E-state index contributed by atoms with van der Waals surface area (Å²) in [6.07, 6.45) is 1.45. The maximum atomic E-state index is 12.3. The standard InChI is InChI=1S/C19H12N4O4S/c24-17(12-2-1-3-14(10-12)23(25)26)22-13-4-6-15(7-5-13)27-18-16-8-9-28-19(16)21-11-20-18/h1-11H,(H,22,24). The third-order valence-electron chi connectivity index (χ3n) is 3.87. The maximum absolute atomic E-state index is 12.3. The largest absolute Gasteiger partial charge is 0.438 e. The molecule has 0 saturated heterocycles. The molecule has 0 saturated carbocycles. The zero-order valence-corrected chi connectivity index (χ0v) is 15.1. The van der Waals surface area contributed by atoms with E-state index in [0.717, 1.165) is 10.2 Å². The molecule has 138 valence electrons. The molecule has 0 aliphatic rings. The molecule has 1 N–H and O–H groups in total. The minimum atomic E-state index is -0.541. The number of nitro groups is 1. The third-order valence-corrected chi connectivity index (χ3v) is 4.69. The lowest BCUT2D eigenvalue weighted by molar-refractivity contribution is -0.384. The van der Waals surface area contributed by atoms with Gasteiger partial charge in [0.05, 0.1) is 10.3 Å². The number of anilines is 1. The van der Waals surface area contributed by atoms with Gasteiger partial charge in [-0.1, -0.05) is 6.07 Å². The summed E-state index contributed by atoms with van der Waals surface area (Å²) in [5.41, 5.74) is 0.601. The number of aromatic nitrogens is 2. The van der Waals surface area contributed by atoms with Crippen molar-refractivity contribution in [1.29, 1.82) is 0 Å². The number of fused-ring (bicyclic) bond motifs is 1. The first-order chi connectivity index (χ1) is 13.6. The van der Waals surface area contributed by atoms with Crippen molar-refractivity contribution in [3.63, 3.8) is 0 Å². The summed E-state index contributed by atoms with van der Waals surface area (Å²) in [7, 11) is 0. The van der Waals surface area contributed by atoms with E-state index < -0.39 is 10.8 Å². The minimum absolute atomic E-state index is 0.138. The molecule has 0 atom stereocenters. The van der Waals surface area contributed by atoms with Gasteiger partial charge in [-0.2, -0.15) is 0 Å². The summed E-state index contributed by atoms with van der Waals surface area (Å²) in [6.45, 7) is 0. The number of nitro benzene ring substituents is 1. The second-order valence-corrected chi connectivity index (χ2v) is 6.60. The van der Waals surface area contributed by atoms with Crippen molar-refractivity contribution < 1.29 is 14.5 Å². The van der Waals surface area contributed by atoms with Gasteiger partial charge in [0.15, 0.2) is 0 Å². The van der Waals surface area contributed by atoms with Gasteiger partial charge in [0, 0.05) is 23.4 Å². The van der Waals surface area contributed by atoms with E-state index in [4.69, 9.17) is 4.74 Å². The molecule has 0 unspecified atom stereocenters. The average molecular weight is 392 g/mol. The average Bonchev–Trinajstić information content (AvgIpc) is 3.19. The first kappa shape index (κ1) is 17.6. The van der Waals surface area contributed by atoms with Crippen molar-refractivity contribution in [3.8, 4) is 11.6 Å². The molecule has 0 bridgehead atoms. The highest BCUT2D eigenvalue weighted by molar-refractivity contribution is 7.16. The fourth-order valence-corrected chi connectivity index (χ4v) is 3.25. The lowest BCUT2D eigenvalue weighted by Gasteiger charge is -2.08. The van der Waals surface area contributed by atoms with E-state index in [2.05, 4.69) is 15.3 Å². The normalized spacial score (nSPS) is 10.6. The molecule has 1 amide bonds. The highest BCUT2D eigenvalue weighted by Crippen LogP contribution is 2.29. The number of non-ortho nitro benzene ring substituents is 1. The van der Waals surface area contributed by atoms with Crippen LogP contribution in [0.2, 0.25) is 0 Å². The van der Waals surface area contributed by atoms with Gasteiger partial charge in [-0.05, 0) is 41.8 Å². The van der Waals surface area contributed by atoms with E-state index in [1.165, 1.54) is 41.9 Å². The predicted molar refractivity (Wildman–Crippen MR) is 105 cm³/mol. The Bertz CT molecular complexity index is 1170.